The molecular formula is C9H19NO2. The second-order valence-corrected chi connectivity index (χ2v) is 2.83. The molecule has 0 unspecified atom stereocenters. The van der Waals surface area contributed by atoms with Gasteiger partial charge in [-0.25, -0.2) is 0 Å². The van der Waals surface area contributed by atoms with Gasteiger partial charge in [0.25, 0.3) is 0 Å². The van der Waals surface area contributed by atoms with Crippen LogP contribution in [0, 0.1) is 0 Å². The van der Waals surface area contributed by atoms with Crippen molar-refractivity contribution in [2.45, 2.75) is 40.7 Å². The number of carbonyl (C=O) groups excluding carboxylic acids is 1. The molecule has 0 aliphatic heterocycles. The molecule has 12 heavy (non-hydrogen) atoms. The minimum absolute atomic E-state index is 0.0255. The molecule has 3 nitrogen and oxygen atoms in total. The molecule has 0 N–H and O–H groups in total. The highest BCUT2D eigenvalue weighted by Gasteiger charge is 1.93. The Morgan fingerprint density at radius 3 is 1.58 bits per heavy atom. The Morgan fingerprint density at radius 2 is 1.58 bits per heavy atom. The summed E-state index contributed by atoms with van der Waals surface area (Å²) < 4.78 is 4.61. The first kappa shape index (κ1) is 13.7. The van der Waals surface area contributed by atoms with Gasteiger partial charge in [-0.3, -0.25) is 9.79 Å². The minimum Gasteiger partial charge on any atom is -0.463 e. The summed E-state index contributed by atoms with van der Waals surface area (Å²) in [5, 5.41) is 0. The molecule has 0 aromatic carbocycles. The lowest BCUT2D eigenvalue weighted by Gasteiger charge is -2.01. The van der Waals surface area contributed by atoms with E-state index in [0.717, 1.165) is 5.71 Å². The van der Waals surface area contributed by atoms with Crippen LogP contribution in [0.25, 0.3) is 0 Å². The Hall–Kier alpha value is -0.860. The summed E-state index contributed by atoms with van der Waals surface area (Å²) in [6.45, 7) is 8.99. The average molecular weight is 173 g/mol. The van der Waals surface area contributed by atoms with Gasteiger partial charge < -0.3 is 4.74 Å². The molecule has 0 atom stereocenters. The first-order valence-corrected chi connectivity index (χ1v) is 3.97. The molecule has 0 radical (unpaired) electrons. The Labute approximate surface area is 74.8 Å². The topological polar surface area (TPSA) is 38.7 Å². The lowest BCUT2D eigenvalue weighted by molar-refractivity contribution is -0.144. The summed E-state index contributed by atoms with van der Waals surface area (Å²) in [5.41, 5.74) is 1.13. The van der Waals surface area contributed by atoms with E-state index in [-0.39, 0.29) is 12.1 Å². The van der Waals surface area contributed by atoms with Crippen LogP contribution in [0.5, 0.6) is 0 Å². The Kier molecular flexibility index (Phi) is 9.41. The Morgan fingerprint density at radius 1 is 1.25 bits per heavy atom. The van der Waals surface area contributed by atoms with E-state index in [1.54, 1.807) is 7.05 Å². The third-order valence-electron chi connectivity index (χ3n) is 0.849. The quantitative estimate of drug-likeness (QED) is 0.449. The van der Waals surface area contributed by atoms with Crippen LogP contribution < -0.4 is 0 Å². The van der Waals surface area contributed by atoms with Crippen molar-refractivity contribution in [2.24, 2.45) is 4.99 Å². The van der Waals surface area contributed by atoms with Gasteiger partial charge in [-0.15, -0.1) is 0 Å². The van der Waals surface area contributed by atoms with Crippen molar-refractivity contribution in [3.05, 3.63) is 0 Å². The fourth-order valence-corrected chi connectivity index (χ4v) is 0.332. The van der Waals surface area contributed by atoms with Crippen molar-refractivity contribution in [2.75, 3.05) is 7.05 Å². The van der Waals surface area contributed by atoms with Gasteiger partial charge in [0.05, 0.1) is 6.10 Å². The van der Waals surface area contributed by atoms with Gasteiger partial charge in [0.1, 0.15) is 0 Å². The maximum absolute atomic E-state index is 10.0. The van der Waals surface area contributed by atoms with Crippen LogP contribution in [-0.4, -0.2) is 24.8 Å². The van der Waals surface area contributed by atoms with Crippen LogP contribution >= 0.6 is 0 Å². The van der Waals surface area contributed by atoms with Crippen LogP contribution in [0.4, 0.5) is 0 Å². The van der Waals surface area contributed by atoms with Gasteiger partial charge in [-0.2, -0.15) is 0 Å². The third kappa shape index (κ3) is 22.9. The van der Waals surface area contributed by atoms with Crippen LogP contribution in [0.1, 0.15) is 34.6 Å². The van der Waals surface area contributed by atoms with Gasteiger partial charge >= 0.3 is 5.97 Å². The summed E-state index contributed by atoms with van der Waals surface area (Å²) in [7, 11) is 1.79. The number of aliphatic imine (C=N–C) groups is 1. The molecule has 0 saturated heterocycles. The number of esters is 1. The summed E-state index contributed by atoms with van der Waals surface area (Å²) >= 11 is 0. The van der Waals surface area contributed by atoms with E-state index in [4.69, 9.17) is 0 Å². The maximum Gasteiger partial charge on any atom is 0.302 e. The third-order valence-corrected chi connectivity index (χ3v) is 0.849. The van der Waals surface area contributed by atoms with Crippen LogP contribution in [-0.2, 0) is 9.53 Å². The molecule has 72 valence electrons. The lowest BCUT2D eigenvalue weighted by atomic mass is 10.5. The predicted molar refractivity (Wildman–Crippen MR) is 51.6 cm³/mol. The lowest BCUT2D eigenvalue weighted by Crippen LogP contribution is -2.06. The maximum atomic E-state index is 10.0. The normalized spacial score (nSPS) is 8.25. The molecule has 0 aromatic rings. The SMILES string of the molecule is CC(=O)OC(C)C.CN=C(C)C. The highest BCUT2D eigenvalue weighted by atomic mass is 16.5. The number of hydrogen-bond donors (Lipinski definition) is 0. The molecule has 0 fully saturated rings. The largest absolute Gasteiger partial charge is 0.463 e. The molecule has 0 aromatic heterocycles. The smallest absolute Gasteiger partial charge is 0.302 e. The highest BCUT2D eigenvalue weighted by molar-refractivity contribution is 5.78. The van der Waals surface area contributed by atoms with Gasteiger partial charge in [0.15, 0.2) is 0 Å². The van der Waals surface area contributed by atoms with E-state index in [0.29, 0.717) is 0 Å². The second-order valence-electron chi connectivity index (χ2n) is 2.83. The molecule has 0 amide bonds. The zero-order valence-electron chi connectivity index (χ0n) is 8.84. The van der Waals surface area contributed by atoms with E-state index >= 15 is 0 Å². The minimum atomic E-state index is -0.213. The first-order chi connectivity index (χ1) is 5.40. The number of carbonyl (C=O) groups is 1. The number of hydrogen-bond acceptors (Lipinski definition) is 3. The fraction of sp³-hybridized carbons (Fsp3) is 0.778. The molecule has 0 heterocycles. The standard InChI is InChI=1S/C5H10O2.C4H9N/c1-4(2)7-5(3)6;1-4(2)5-3/h4H,1-3H3;1-3H3. The van der Waals surface area contributed by atoms with Crippen molar-refractivity contribution >= 4 is 11.7 Å². The zero-order chi connectivity index (χ0) is 10.1. The zero-order valence-corrected chi connectivity index (χ0v) is 8.84. The van der Waals surface area contributed by atoms with Crippen molar-refractivity contribution in [1.29, 1.82) is 0 Å². The van der Waals surface area contributed by atoms with E-state index in [1.165, 1.54) is 6.92 Å². The van der Waals surface area contributed by atoms with Crippen molar-refractivity contribution in [1.82, 2.24) is 0 Å². The van der Waals surface area contributed by atoms with E-state index < -0.39 is 0 Å². The van der Waals surface area contributed by atoms with E-state index in [1.807, 2.05) is 27.7 Å². The van der Waals surface area contributed by atoms with Gasteiger partial charge in [-0.1, -0.05) is 0 Å². The summed E-state index contributed by atoms with van der Waals surface area (Å²) in [6.07, 6.45) is 0.0255. The van der Waals surface area contributed by atoms with Gasteiger partial charge in [0.2, 0.25) is 0 Å². The summed E-state index contributed by atoms with van der Waals surface area (Å²) in [5.74, 6) is -0.213. The molecule has 0 bridgehead atoms. The highest BCUT2D eigenvalue weighted by Crippen LogP contribution is 1.85. The van der Waals surface area contributed by atoms with Crippen LogP contribution in [0.15, 0.2) is 4.99 Å². The summed E-state index contributed by atoms with van der Waals surface area (Å²) in [4.78, 5) is 13.8. The van der Waals surface area contributed by atoms with Gasteiger partial charge in [-0.05, 0) is 27.7 Å². The predicted octanol–water partition coefficient (Wildman–Crippen LogP) is 2.05. The van der Waals surface area contributed by atoms with Crippen molar-refractivity contribution < 1.29 is 9.53 Å². The van der Waals surface area contributed by atoms with Crippen molar-refractivity contribution in [3.8, 4) is 0 Å². The first-order valence-electron chi connectivity index (χ1n) is 3.97. The Bertz CT molecular complexity index is 147. The monoisotopic (exact) mass is 173 g/mol. The average Bonchev–Trinajstić information content (AvgIpc) is 1.85. The molecule has 0 aliphatic carbocycles. The second kappa shape index (κ2) is 8.24. The van der Waals surface area contributed by atoms with Crippen LogP contribution in [0.2, 0.25) is 0 Å². The molecular weight excluding hydrogens is 154 g/mol. The molecule has 0 spiro atoms. The van der Waals surface area contributed by atoms with E-state index in [9.17, 15) is 4.79 Å². The fourth-order valence-electron chi connectivity index (χ4n) is 0.332. The van der Waals surface area contributed by atoms with Crippen LogP contribution in [0.3, 0.4) is 0 Å². The summed E-state index contributed by atoms with van der Waals surface area (Å²) in [6, 6.07) is 0. The number of nitrogens with zero attached hydrogens (tertiary/aromatic N) is 1. The molecule has 3 heteroatoms. The van der Waals surface area contributed by atoms with E-state index in [2.05, 4.69) is 9.73 Å². The molecule has 0 rings (SSSR count). The molecule has 0 aliphatic rings. The molecule has 0 saturated carbocycles. The Balaban J connectivity index is 0. The number of ether oxygens (including phenoxy) is 1. The number of rotatable bonds is 1. The van der Waals surface area contributed by atoms with Gasteiger partial charge in [0, 0.05) is 19.7 Å². The van der Waals surface area contributed by atoms with Crippen molar-refractivity contribution in [3.63, 3.8) is 0 Å².